The van der Waals surface area contributed by atoms with Crippen molar-refractivity contribution in [3.63, 3.8) is 0 Å². The molecule has 22 heavy (non-hydrogen) atoms. The van der Waals surface area contributed by atoms with E-state index in [2.05, 4.69) is 10.5 Å². The number of hydrazone groups is 1. The first kappa shape index (κ1) is 16.0. The van der Waals surface area contributed by atoms with Gasteiger partial charge in [0.2, 0.25) is 0 Å². The van der Waals surface area contributed by atoms with E-state index in [9.17, 15) is 14.3 Å². The topological polar surface area (TPSA) is 61.7 Å². The van der Waals surface area contributed by atoms with Crippen LogP contribution in [0.15, 0.2) is 47.6 Å². The summed E-state index contributed by atoms with van der Waals surface area (Å²) in [5.41, 5.74) is 3.35. The van der Waals surface area contributed by atoms with Crippen LogP contribution in [-0.2, 0) is 0 Å². The Hall–Kier alpha value is -2.40. The van der Waals surface area contributed by atoms with Crippen LogP contribution in [0.4, 0.5) is 4.39 Å². The fourth-order valence-electron chi connectivity index (χ4n) is 1.88. The Kier molecular flexibility index (Phi) is 5.12. The van der Waals surface area contributed by atoms with Crippen LogP contribution in [0.1, 0.15) is 29.3 Å². The zero-order valence-electron chi connectivity index (χ0n) is 11.8. The lowest BCUT2D eigenvalue weighted by atomic mass is 10.1. The number of nitrogens with one attached hydrogen (secondary N) is 1. The summed E-state index contributed by atoms with van der Waals surface area (Å²) in [6, 6.07) is 9.98. The highest BCUT2D eigenvalue weighted by Gasteiger charge is 2.10. The van der Waals surface area contributed by atoms with Gasteiger partial charge >= 0.3 is 0 Å². The van der Waals surface area contributed by atoms with Crippen LogP contribution in [0.3, 0.4) is 0 Å². The Bertz CT molecular complexity index is 732. The van der Waals surface area contributed by atoms with Gasteiger partial charge in [-0.2, -0.15) is 5.10 Å². The number of phenols is 1. The molecular formula is C16H14ClFN2O2. The molecule has 0 bridgehead atoms. The average molecular weight is 321 g/mol. The molecule has 2 aromatic carbocycles. The molecule has 0 aliphatic carbocycles. The highest BCUT2D eigenvalue weighted by atomic mass is 35.5. The number of carbonyl (C=O) groups excluding carboxylic acids is 1. The molecule has 0 atom stereocenters. The quantitative estimate of drug-likeness (QED) is 0.666. The van der Waals surface area contributed by atoms with Crippen molar-refractivity contribution in [2.45, 2.75) is 13.3 Å². The second-order valence-electron chi connectivity index (χ2n) is 4.52. The third-order valence-corrected chi connectivity index (χ3v) is 3.22. The number of rotatable bonds is 4. The van der Waals surface area contributed by atoms with E-state index in [1.54, 1.807) is 25.1 Å². The van der Waals surface area contributed by atoms with Crippen LogP contribution in [0.2, 0.25) is 5.02 Å². The molecule has 0 saturated carbocycles. The Morgan fingerprint density at radius 2 is 2.09 bits per heavy atom. The standard InChI is InChI=1S/C16H14ClFN2O2/c1-2-14(13-9-12(18)6-7-15(13)21)19-20-16(22)10-4-3-5-11(17)8-10/h3-9,21H,2H2,1H3,(H,20,22)/b19-14+. The molecule has 1 amide bonds. The van der Waals surface area contributed by atoms with E-state index in [0.717, 1.165) is 6.07 Å². The van der Waals surface area contributed by atoms with Gasteiger partial charge in [-0.3, -0.25) is 4.79 Å². The van der Waals surface area contributed by atoms with Crippen LogP contribution in [0, 0.1) is 5.82 Å². The molecule has 0 heterocycles. The Morgan fingerprint density at radius 1 is 1.32 bits per heavy atom. The highest BCUT2D eigenvalue weighted by Crippen LogP contribution is 2.20. The lowest BCUT2D eigenvalue weighted by Gasteiger charge is -2.07. The van der Waals surface area contributed by atoms with Gasteiger partial charge in [0, 0.05) is 16.1 Å². The molecule has 0 fully saturated rings. The second kappa shape index (κ2) is 7.04. The zero-order chi connectivity index (χ0) is 16.1. The lowest BCUT2D eigenvalue weighted by molar-refractivity contribution is 0.0954. The minimum absolute atomic E-state index is 0.0981. The molecule has 0 aliphatic rings. The Labute approximate surface area is 132 Å². The summed E-state index contributed by atoms with van der Waals surface area (Å²) in [6.45, 7) is 1.79. The summed E-state index contributed by atoms with van der Waals surface area (Å²) in [6.07, 6.45) is 0.410. The number of carbonyl (C=O) groups is 1. The molecule has 0 aromatic heterocycles. The summed E-state index contributed by atoms with van der Waals surface area (Å²) in [4.78, 5) is 12.0. The van der Waals surface area contributed by atoms with E-state index in [1.165, 1.54) is 18.2 Å². The molecule has 2 rings (SSSR count). The molecule has 0 aliphatic heterocycles. The fourth-order valence-corrected chi connectivity index (χ4v) is 2.07. The molecule has 0 saturated heterocycles. The van der Waals surface area contributed by atoms with Gasteiger partial charge in [-0.25, -0.2) is 9.82 Å². The van der Waals surface area contributed by atoms with Gasteiger partial charge in [-0.1, -0.05) is 24.6 Å². The Balaban J connectivity index is 2.23. The molecule has 6 heteroatoms. The molecular weight excluding hydrogens is 307 g/mol. The SMILES string of the molecule is CC/C(=N\NC(=O)c1cccc(Cl)c1)c1cc(F)ccc1O. The van der Waals surface area contributed by atoms with Gasteiger partial charge in [0.1, 0.15) is 11.6 Å². The number of amides is 1. The van der Waals surface area contributed by atoms with Crippen molar-refractivity contribution in [1.82, 2.24) is 5.43 Å². The summed E-state index contributed by atoms with van der Waals surface area (Å²) >= 11 is 5.82. The van der Waals surface area contributed by atoms with Gasteiger partial charge < -0.3 is 5.11 Å². The normalized spacial score (nSPS) is 11.3. The largest absolute Gasteiger partial charge is 0.507 e. The van der Waals surface area contributed by atoms with E-state index in [1.807, 2.05) is 0 Å². The number of hydrogen-bond donors (Lipinski definition) is 2. The molecule has 4 nitrogen and oxygen atoms in total. The number of aromatic hydroxyl groups is 1. The van der Waals surface area contributed by atoms with Crippen molar-refractivity contribution in [1.29, 1.82) is 0 Å². The Morgan fingerprint density at radius 3 is 2.77 bits per heavy atom. The number of nitrogens with zero attached hydrogens (tertiary/aromatic N) is 1. The summed E-state index contributed by atoms with van der Waals surface area (Å²) in [5.74, 6) is -1.03. The number of halogens is 2. The first-order valence-corrected chi connectivity index (χ1v) is 7.00. The molecule has 114 valence electrons. The monoisotopic (exact) mass is 320 g/mol. The minimum atomic E-state index is -0.491. The zero-order valence-corrected chi connectivity index (χ0v) is 12.6. The fraction of sp³-hybridized carbons (Fsp3) is 0.125. The van der Waals surface area contributed by atoms with E-state index >= 15 is 0 Å². The summed E-state index contributed by atoms with van der Waals surface area (Å²) in [5, 5.41) is 14.2. The van der Waals surface area contributed by atoms with Gasteiger partial charge in [0.25, 0.3) is 5.91 Å². The molecule has 0 spiro atoms. The van der Waals surface area contributed by atoms with Crippen molar-refractivity contribution >= 4 is 23.2 Å². The second-order valence-corrected chi connectivity index (χ2v) is 4.96. The van der Waals surface area contributed by atoms with Crippen LogP contribution in [0.25, 0.3) is 0 Å². The molecule has 2 aromatic rings. The number of phenolic OH excluding ortho intramolecular Hbond substituents is 1. The van der Waals surface area contributed by atoms with Gasteiger partial charge in [0.15, 0.2) is 0 Å². The van der Waals surface area contributed by atoms with Crippen molar-refractivity contribution in [3.8, 4) is 5.75 Å². The first-order valence-electron chi connectivity index (χ1n) is 6.62. The maximum Gasteiger partial charge on any atom is 0.271 e. The van der Waals surface area contributed by atoms with Crippen molar-refractivity contribution < 1.29 is 14.3 Å². The van der Waals surface area contributed by atoms with Crippen LogP contribution in [0.5, 0.6) is 5.75 Å². The maximum atomic E-state index is 13.3. The van der Waals surface area contributed by atoms with Gasteiger partial charge in [-0.05, 0) is 42.8 Å². The summed E-state index contributed by atoms with van der Waals surface area (Å²) < 4.78 is 13.3. The molecule has 0 radical (unpaired) electrons. The predicted octanol–water partition coefficient (Wildman–Crippen LogP) is 3.73. The molecule has 2 N–H and O–H groups in total. The van der Waals surface area contributed by atoms with Gasteiger partial charge in [-0.15, -0.1) is 0 Å². The highest BCUT2D eigenvalue weighted by molar-refractivity contribution is 6.30. The van der Waals surface area contributed by atoms with Gasteiger partial charge in [0.05, 0.1) is 5.71 Å². The first-order chi connectivity index (χ1) is 10.5. The maximum absolute atomic E-state index is 13.3. The van der Waals surface area contributed by atoms with Crippen LogP contribution >= 0.6 is 11.6 Å². The van der Waals surface area contributed by atoms with Crippen molar-refractivity contribution in [2.75, 3.05) is 0 Å². The van der Waals surface area contributed by atoms with Crippen LogP contribution in [-0.4, -0.2) is 16.7 Å². The lowest BCUT2D eigenvalue weighted by Crippen LogP contribution is -2.20. The van der Waals surface area contributed by atoms with Crippen molar-refractivity contribution in [2.24, 2.45) is 5.10 Å². The average Bonchev–Trinajstić information content (AvgIpc) is 2.51. The smallest absolute Gasteiger partial charge is 0.271 e. The third kappa shape index (κ3) is 3.83. The van der Waals surface area contributed by atoms with E-state index < -0.39 is 11.7 Å². The predicted molar refractivity (Wildman–Crippen MR) is 83.8 cm³/mol. The minimum Gasteiger partial charge on any atom is -0.507 e. The van der Waals surface area contributed by atoms with E-state index in [4.69, 9.17) is 11.6 Å². The number of hydrogen-bond acceptors (Lipinski definition) is 3. The third-order valence-electron chi connectivity index (χ3n) is 2.98. The number of benzene rings is 2. The molecule has 0 unspecified atom stereocenters. The van der Waals surface area contributed by atoms with E-state index in [-0.39, 0.29) is 11.3 Å². The van der Waals surface area contributed by atoms with Crippen LogP contribution < -0.4 is 5.43 Å². The summed E-state index contributed by atoms with van der Waals surface area (Å²) in [7, 11) is 0. The van der Waals surface area contributed by atoms with Crippen molar-refractivity contribution in [3.05, 3.63) is 64.4 Å². The van der Waals surface area contributed by atoms with E-state index in [0.29, 0.717) is 22.7 Å².